The standard InChI is InChI=1S/C25H23N5O2/c31-23(17-21-18-32-25(27-21)20-9-5-2-6-10-20)30-15-13-29(14-16-30)22-11-12-26-24(28-22)19-7-3-1-4-8-19/h1-12,18H,13-17H2. The normalized spacial score (nSPS) is 13.9. The summed E-state index contributed by atoms with van der Waals surface area (Å²) in [6.07, 6.45) is 3.60. The first kappa shape index (κ1) is 19.9. The number of piperazine rings is 1. The van der Waals surface area contributed by atoms with Crippen LogP contribution >= 0.6 is 0 Å². The summed E-state index contributed by atoms with van der Waals surface area (Å²) in [5.74, 6) is 2.19. The van der Waals surface area contributed by atoms with Gasteiger partial charge in [-0.25, -0.2) is 15.0 Å². The molecule has 7 heteroatoms. The van der Waals surface area contributed by atoms with E-state index in [-0.39, 0.29) is 12.3 Å². The van der Waals surface area contributed by atoms with Crippen molar-refractivity contribution < 1.29 is 9.21 Å². The van der Waals surface area contributed by atoms with Crippen molar-refractivity contribution in [2.45, 2.75) is 6.42 Å². The quantitative estimate of drug-likeness (QED) is 0.485. The van der Waals surface area contributed by atoms with Gasteiger partial charge in [-0.3, -0.25) is 4.79 Å². The van der Waals surface area contributed by atoms with Gasteiger partial charge in [0.1, 0.15) is 12.1 Å². The van der Waals surface area contributed by atoms with Crippen molar-refractivity contribution in [1.82, 2.24) is 19.9 Å². The minimum atomic E-state index is 0.0604. The number of hydrogen-bond acceptors (Lipinski definition) is 6. The Labute approximate surface area is 186 Å². The Kier molecular flexibility index (Phi) is 5.61. The minimum Gasteiger partial charge on any atom is -0.444 e. The van der Waals surface area contributed by atoms with Crippen LogP contribution in [0.15, 0.2) is 83.6 Å². The van der Waals surface area contributed by atoms with Crippen LogP contribution in [0, 0.1) is 0 Å². The zero-order chi connectivity index (χ0) is 21.8. The van der Waals surface area contributed by atoms with Crippen molar-refractivity contribution in [3.63, 3.8) is 0 Å². The van der Waals surface area contributed by atoms with Gasteiger partial charge in [-0.1, -0.05) is 48.5 Å². The summed E-state index contributed by atoms with van der Waals surface area (Å²) in [7, 11) is 0. The van der Waals surface area contributed by atoms with Crippen molar-refractivity contribution in [1.29, 1.82) is 0 Å². The fraction of sp³-hybridized carbons (Fsp3) is 0.200. The monoisotopic (exact) mass is 425 g/mol. The molecule has 0 aliphatic carbocycles. The smallest absolute Gasteiger partial charge is 0.228 e. The van der Waals surface area contributed by atoms with Gasteiger partial charge in [0.15, 0.2) is 5.82 Å². The molecule has 0 radical (unpaired) electrons. The van der Waals surface area contributed by atoms with E-state index in [1.165, 1.54) is 0 Å². The van der Waals surface area contributed by atoms with Gasteiger partial charge in [0, 0.05) is 43.5 Å². The Bertz CT molecular complexity index is 1190. The molecule has 2 aromatic heterocycles. The number of aromatic nitrogens is 3. The van der Waals surface area contributed by atoms with Gasteiger partial charge in [-0.15, -0.1) is 0 Å². The van der Waals surface area contributed by atoms with Gasteiger partial charge in [-0.2, -0.15) is 0 Å². The van der Waals surface area contributed by atoms with E-state index in [0.717, 1.165) is 30.0 Å². The van der Waals surface area contributed by atoms with Crippen LogP contribution in [-0.4, -0.2) is 51.9 Å². The molecule has 2 aromatic carbocycles. The van der Waals surface area contributed by atoms with Gasteiger partial charge in [0.25, 0.3) is 0 Å². The van der Waals surface area contributed by atoms with Crippen LogP contribution in [0.2, 0.25) is 0 Å². The summed E-state index contributed by atoms with van der Waals surface area (Å²) in [6, 6.07) is 21.6. The van der Waals surface area contributed by atoms with E-state index in [1.54, 1.807) is 12.5 Å². The van der Waals surface area contributed by atoms with Gasteiger partial charge in [0.05, 0.1) is 12.1 Å². The van der Waals surface area contributed by atoms with Crippen molar-refractivity contribution >= 4 is 11.7 Å². The zero-order valence-electron chi connectivity index (χ0n) is 17.6. The Balaban J connectivity index is 1.19. The number of oxazole rings is 1. The third kappa shape index (κ3) is 4.37. The number of amides is 1. The Hall–Kier alpha value is -4.00. The Morgan fingerprint density at radius 2 is 1.53 bits per heavy atom. The summed E-state index contributed by atoms with van der Waals surface area (Å²) >= 11 is 0. The summed E-state index contributed by atoms with van der Waals surface area (Å²) in [5, 5.41) is 0. The molecular weight excluding hydrogens is 402 g/mol. The predicted molar refractivity (Wildman–Crippen MR) is 122 cm³/mol. The fourth-order valence-electron chi connectivity index (χ4n) is 3.80. The maximum absolute atomic E-state index is 12.8. The topological polar surface area (TPSA) is 75.4 Å². The highest BCUT2D eigenvalue weighted by Gasteiger charge is 2.23. The van der Waals surface area contributed by atoms with Crippen LogP contribution in [0.5, 0.6) is 0 Å². The van der Waals surface area contributed by atoms with Crippen LogP contribution < -0.4 is 4.90 Å². The lowest BCUT2D eigenvalue weighted by Gasteiger charge is -2.35. The fourth-order valence-corrected chi connectivity index (χ4v) is 3.80. The second-order valence-corrected chi connectivity index (χ2v) is 7.66. The van der Waals surface area contributed by atoms with Gasteiger partial charge in [0.2, 0.25) is 11.8 Å². The Morgan fingerprint density at radius 3 is 2.25 bits per heavy atom. The summed E-state index contributed by atoms with van der Waals surface area (Å²) < 4.78 is 5.56. The second-order valence-electron chi connectivity index (χ2n) is 7.66. The number of carbonyl (C=O) groups is 1. The molecule has 0 unspecified atom stereocenters. The molecule has 0 saturated carbocycles. The number of carbonyl (C=O) groups excluding carboxylic acids is 1. The number of benzene rings is 2. The van der Waals surface area contributed by atoms with E-state index in [2.05, 4.69) is 14.9 Å². The molecule has 0 N–H and O–H groups in total. The van der Waals surface area contributed by atoms with E-state index in [0.29, 0.717) is 30.5 Å². The van der Waals surface area contributed by atoms with Gasteiger partial charge >= 0.3 is 0 Å². The first-order chi connectivity index (χ1) is 15.8. The lowest BCUT2D eigenvalue weighted by molar-refractivity contribution is -0.130. The molecule has 5 rings (SSSR count). The molecule has 1 fully saturated rings. The van der Waals surface area contributed by atoms with Gasteiger partial charge in [-0.05, 0) is 18.2 Å². The first-order valence-corrected chi connectivity index (χ1v) is 10.7. The molecule has 1 saturated heterocycles. The van der Waals surface area contributed by atoms with Crippen molar-refractivity contribution in [3.8, 4) is 22.8 Å². The van der Waals surface area contributed by atoms with E-state index in [9.17, 15) is 4.79 Å². The van der Waals surface area contributed by atoms with Crippen molar-refractivity contribution in [2.24, 2.45) is 0 Å². The lowest BCUT2D eigenvalue weighted by atomic mass is 10.2. The molecule has 1 amide bonds. The number of nitrogens with zero attached hydrogens (tertiary/aromatic N) is 5. The average molecular weight is 425 g/mol. The molecule has 3 heterocycles. The average Bonchev–Trinajstić information content (AvgIpc) is 3.34. The third-order valence-corrected chi connectivity index (χ3v) is 5.53. The largest absolute Gasteiger partial charge is 0.444 e. The van der Waals surface area contributed by atoms with E-state index >= 15 is 0 Å². The van der Waals surface area contributed by atoms with Gasteiger partial charge < -0.3 is 14.2 Å². The second kappa shape index (κ2) is 9.01. The molecule has 7 nitrogen and oxygen atoms in total. The highest BCUT2D eigenvalue weighted by molar-refractivity contribution is 5.78. The van der Waals surface area contributed by atoms with E-state index < -0.39 is 0 Å². The highest BCUT2D eigenvalue weighted by Crippen LogP contribution is 2.21. The lowest BCUT2D eigenvalue weighted by Crippen LogP contribution is -2.49. The van der Waals surface area contributed by atoms with Crippen LogP contribution in [-0.2, 0) is 11.2 Å². The molecule has 0 atom stereocenters. The summed E-state index contributed by atoms with van der Waals surface area (Å²) in [5.41, 5.74) is 2.55. The third-order valence-electron chi connectivity index (χ3n) is 5.53. The predicted octanol–water partition coefficient (Wildman–Crippen LogP) is 3.69. The maximum Gasteiger partial charge on any atom is 0.228 e. The summed E-state index contributed by atoms with van der Waals surface area (Å²) in [6.45, 7) is 2.75. The molecular formula is C25H23N5O2. The summed E-state index contributed by atoms with van der Waals surface area (Å²) in [4.78, 5) is 30.5. The molecule has 0 spiro atoms. The molecule has 0 bridgehead atoms. The number of anilines is 1. The first-order valence-electron chi connectivity index (χ1n) is 10.7. The van der Waals surface area contributed by atoms with Crippen molar-refractivity contribution in [2.75, 3.05) is 31.1 Å². The molecule has 1 aliphatic rings. The van der Waals surface area contributed by atoms with Crippen LogP contribution in [0.25, 0.3) is 22.8 Å². The Morgan fingerprint density at radius 1 is 0.844 bits per heavy atom. The molecule has 32 heavy (non-hydrogen) atoms. The van der Waals surface area contributed by atoms with Crippen molar-refractivity contribution in [3.05, 3.63) is 84.9 Å². The van der Waals surface area contributed by atoms with E-state index in [4.69, 9.17) is 9.40 Å². The molecule has 160 valence electrons. The zero-order valence-corrected chi connectivity index (χ0v) is 17.6. The number of hydrogen-bond donors (Lipinski definition) is 0. The minimum absolute atomic E-state index is 0.0604. The molecule has 1 aliphatic heterocycles. The highest BCUT2D eigenvalue weighted by atomic mass is 16.3. The van der Waals surface area contributed by atoms with Crippen LogP contribution in [0.3, 0.4) is 0 Å². The number of rotatable bonds is 5. The van der Waals surface area contributed by atoms with E-state index in [1.807, 2.05) is 71.6 Å². The maximum atomic E-state index is 12.8. The molecule has 4 aromatic rings. The van der Waals surface area contributed by atoms with Crippen LogP contribution in [0.1, 0.15) is 5.69 Å². The SMILES string of the molecule is O=C(Cc1coc(-c2ccccc2)n1)N1CCN(c2ccnc(-c3ccccc3)n2)CC1. The van der Waals surface area contributed by atoms with Crippen LogP contribution in [0.4, 0.5) is 5.82 Å².